The van der Waals surface area contributed by atoms with E-state index in [9.17, 15) is 0 Å². The minimum absolute atomic E-state index is 0.199. The zero-order valence-corrected chi connectivity index (χ0v) is 20.4. The quantitative estimate of drug-likeness (QED) is 0.300. The lowest BCUT2D eigenvalue weighted by Gasteiger charge is -2.31. The number of thioether (sulfide) groups is 1. The zero-order valence-electron chi connectivity index (χ0n) is 19.6. The Balaban J connectivity index is 1.39. The van der Waals surface area contributed by atoms with Gasteiger partial charge in [-0.1, -0.05) is 53.7 Å². The van der Waals surface area contributed by atoms with Crippen LogP contribution in [-0.2, 0) is 5.75 Å². The number of methoxy groups -OCH3 is 1. The van der Waals surface area contributed by atoms with E-state index in [1.54, 1.807) is 18.9 Å². The van der Waals surface area contributed by atoms with E-state index in [4.69, 9.17) is 9.26 Å². The van der Waals surface area contributed by atoms with Crippen LogP contribution in [0.5, 0.6) is 5.75 Å². The standard InChI is InChI=1S/C26H29N5O2S/c1-19(30-15-9-4-10-16-30)25-27-28-26(31(25)20-11-5-3-6-12-20)34-18-21-17-23(29-33-21)22-13-7-8-14-24(22)32-2/h3,5-8,11-14,17,19H,4,9-10,15-16,18H2,1-2H3. The van der Waals surface area contributed by atoms with Crippen molar-refractivity contribution in [3.05, 3.63) is 72.2 Å². The predicted molar refractivity (Wildman–Crippen MR) is 133 cm³/mol. The van der Waals surface area contributed by atoms with Crippen LogP contribution in [0.25, 0.3) is 16.9 Å². The van der Waals surface area contributed by atoms with Crippen molar-refractivity contribution in [3.63, 3.8) is 0 Å². The number of ether oxygens (including phenoxy) is 1. The molecule has 0 spiro atoms. The van der Waals surface area contributed by atoms with Gasteiger partial charge in [0.1, 0.15) is 17.2 Å². The van der Waals surface area contributed by atoms with E-state index in [1.807, 2.05) is 36.4 Å². The highest BCUT2D eigenvalue weighted by atomic mass is 32.2. The van der Waals surface area contributed by atoms with Gasteiger partial charge < -0.3 is 9.26 Å². The molecule has 1 saturated heterocycles. The summed E-state index contributed by atoms with van der Waals surface area (Å²) in [6, 6.07) is 20.3. The Labute approximate surface area is 204 Å². The average Bonchev–Trinajstić information content (AvgIpc) is 3.55. The highest BCUT2D eigenvalue weighted by Crippen LogP contribution is 2.33. The molecule has 176 valence electrons. The Morgan fingerprint density at radius 2 is 1.76 bits per heavy atom. The first-order valence-corrected chi connectivity index (χ1v) is 12.7. The van der Waals surface area contributed by atoms with E-state index in [1.165, 1.54) is 19.3 Å². The molecule has 7 nitrogen and oxygen atoms in total. The fourth-order valence-corrected chi connectivity index (χ4v) is 5.27. The van der Waals surface area contributed by atoms with Gasteiger partial charge in [0.2, 0.25) is 0 Å². The molecule has 1 aliphatic heterocycles. The van der Waals surface area contributed by atoms with Gasteiger partial charge in [0.05, 0.1) is 18.9 Å². The Morgan fingerprint density at radius 3 is 2.56 bits per heavy atom. The third-order valence-electron chi connectivity index (χ3n) is 6.27. The van der Waals surface area contributed by atoms with Gasteiger partial charge in [-0.25, -0.2) is 0 Å². The Hall–Kier alpha value is -3.10. The molecule has 34 heavy (non-hydrogen) atoms. The van der Waals surface area contributed by atoms with E-state index >= 15 is 0 Å². The summed E-state index contributed by atoms with van der Waals surface area (Å²) in [7, 11) is 1.66. The van der Waals surface area contributed by atoms with Gasteiger partial charge in [0.25, 0.3) is 0 Å². The maximum absolute atomic E-state index is 5.64. The van der Waals surface area contributed by atoms with Crippen LogP contribution in [0, 0.1) is 0 Å². The van der Waals surface area contributed by atoms with Crippen LogP contribution >= 0.6 is 11.8 Å². The molecule has 2 aromatic heterocycles. The van der Waals surface area contributed by atoms with Gasteiger partial charge in [0.15, 0.2) is 11.0 Å². The monoisotopic (exact) mass is 475 g/mol. The van der Waals surface area contributed by atoms with Gasteiger partial charge in [-0.3, -0.25) is 9.47 Å². The molecule has 1 atom stereocenters. The molecule has 0 amide bonds. The minimum atomic E-state index is 0.199. The molecule has 0 radical (unpaired) electrons. The topological polar surface area (TPSA) is 69.2 Å². The van der Waals surface area contributed by atoms with Crippen molar-refractivity contribution >= 4 is 11.8 Å². The highest BCUT2D eigenvalue weighted by molar-refractivity contribution is 7.98. The molecular weight excluding hydrogens is 446 g/mol. The van der Waals surface area contributed by atoms with Crippen molar-refractivity contribution in [1.29, 1.82) is 0 Å². The second kappa shape index (κ2) is 10.4. The summed E-state index contributed by atoms with van der Waals surface area (Å²) in [5.41, 5.74) is 2.74. The lowest BCUT2D eigenvalue weighted by Crippen LogP contribution is -2.33. The Bertz CT molecular complexity index is 1220. The number of aromatic nitrogens is 4. The zero-order chi connectivity index (χ0) is 23.3. The Kier molecular flexibility index (Phi) is 6.97. The van der Waals surface area contributed by atoms with Crippen LogP contribution in [0.4, 0.5) is 0 Å². The van der Waals surface area contributed by atoms with E-state index < -0.39 is 0 Å². The van der Waals surface area contributed by atoms with Gasteiger partial charge >= 0.3 is 0 Å². The molecule has 1 aliphatic rings. The van der Waals surface area contributed by atoms with E-state index in [0.717, 1.165) is 52.5 Å². The van der Waals surface area contributed by atoms with Crippen LogP contribution in [0.15, 0.2) is 70.3 Å². The largest absolute Gasteiger partial charge is 0.496 e. The molecule has 3 heterocycles. The van der Waals surface area contributed by atoms with Crippen molar-refractivity contribution in [2.45, 2.75) is 43.1 Å². The molecular formula is C26H29N5O2S. The first-order chi connectivity index (χ1) is 16.7. The fourth-order valence-electron chi connectivity index (χ4n) is 4.43. The summed E-state index contributed by atoms with van der Waals surface area (Å²) in [6.07, 6.45) is 3.79. The van der Waals surface area contributed by atoms with E-state index in [-0.39, 0.29) is 6.04 Å². The summed E-state index contributed by atoms with van der Waals surface area (Å²) < 4.78 is 13.3. The van der Waals surface area contributed by atoms with Crippen LogP contribution in [0.1, 0.15) is 43.8 Å². The smallest absolute Gasteiger partial charge is 0.196 e. The first kappa shape index (κ1) is 22.7. The summed E-state index contributed by atoms with van der Waals surface area (Å²) in [4.78, 5) is 2.51. The number of rotatable bonds is 8. The van der Waals surface area contributed by atoms with Gasteiger partial charge in [-0.05, 0) is 57.1 Å². The lowest BCUT2D eigenvalue weighted by atomic mass is 10.1. The lowest BCUT2D eigenvalue weighted by molar-refractivity contribution is 0.167. The van der Waals surface area contributed by atoms with Crippen LogP contribution in [0.3, 0.4) is 0 Å². The third-order valence-corrected chi connectivity index (χ3v) is 7.22. The van der Waals surface area contributed by atoms with Gasteiger partial charge in [0, 0.05) is 17.3 Å². The molecule has 1 unspecified atom stereocenters. The minimum Gasteiger partial charge on any atom is -0.496 e. The predicted octanol–water partition coefficient (Wildman–Crippen LogP) is 5.77. The van der Waals surface area contributed by atoms with Crippen molar-refractivity contribution in [1.82, 2.24) is 24.8 Å². The molecule has 5 rings (SSSR count). The van der Waals surface area contributed by atoms with E-state index in [2.05, 4.69) is 56.0 Å². The number of benzene rings is 2. The summed E-state index contributed by atoms with van der Waals surface area (Å²) in [5.74, 6) is 3.13. The van der Waals surface area contributed by atoms with Gasteiger partial charge in [-0.15, -0.1) is 10.2 Å². The fraction of sp³-hybridized carbons (Fsp3) is 0.346. The number of hydrogen-bond donors (Lipinski definition) is 0. The first-order valence-electron chi connectivity index (χ1n) is 11.7. The van der Waals surface area contributed by atoms with Crippen molar-refractivity contribution < 1.29 is 9.26 Å². The average molecular weight is 476 g/mol. The van der Waals surface area contributed by atoms with Crippen molar-refractivity contribution in [2.75, 3.05) is 20.2 Å². The number of nitrogens with zero attached hydrogens (tertiary/aromatic N) is 5. The van der Waals surface area contributed by atoms with Crippen LogP contribution in [-0.4, -0.2) is 45.0 Å². The second-order valence-electron chi connectivity index (χ2n) is 8.45. The summed E-state index contributed by atoms with van der Waals surface area (Å²) in [5, 5.41) is 14.3. The molecule has 4 aromatic rings. The maximum Gasteiger partial charge on any atom is 0.196 e. The molecule has 0 saturated carbocycles. The molecule has 0 N–H and O–H groups in total. The number of hydrogen-bond acceptors (Lipinski definition) is 7. The second-order valence-corrected chi connectivity index (χ2v) is 9.39. The highest BCUT2D eigenvalue weighted by Gasteiger charge is 2.25. The Morgan fingerprint density at radius 1 is 1.00 bits per heavy atom. The molecule has 0 aliphatic carbocycles. The summed E-state index contributed by atoms with van der Waals surface area (Å²) in [6.45, 7) is 4.45. The number of likely N-dealkylation sites (tertiary alicyclic amines) is 1. The van der Waals surface area contributed by atoms with Crippen molar-refractivity contribution in [3.8, 4) is 22.7 Å². The van der Waals surface area contributed by atoms with Crippen LogP contribution < -0.4 is 4.74 Å². The third kappa shape index (κ3) is 4.74. The molecule has 0 bridgehead atoms. The van der Waals surface area contributed by atoms with E-state index in [0.29, 0.717) is 5.75 Å². The molecule has 1 fully saturated rings. The van der Waals surface area contributed by atoms with Crippen LogP contribution in [0.2, 0.25) is 0 Å². The summed E-state index contributed by atoms with van der Waals surface area (Å²) >= 11 is 1.60. The van der Waals surface area contributed by atoms with Crippen molar-refractivity contribution in [2.24, 2.45) is 0 Å². The number of piperidine rings is 1. The molecule has 8 heteroatoms. The number of para-hydroxylation sites is 2. The SMILES string of the molecule is COc1ccccc1-c1cc(CSc2nnc(C(C)N3CCCCC3)n2-c2ccccc2)on1. The molecule has 2 aromatic carbocycles. The normalized spacial score (nSPS) is 15.4. The van der Waals surface area contributed by atoms with Gasteiger partial charge in [-0.2, -0.15) is 0 Å². The maximum atomic E-state index is 5.64.